The van der Waals surface area contributed by atoms with Gasteiger partial charge in [-0.2, -0.15) is 0 Å². The zero-order valence-electron chi connectivity index (χ0n) is 9.83. The highest BCUT2D eigenvalue weighted by Crippen LogP contribution is 2.46. The van der Waals surface area contributed by atoms with Crippen molar-refractivity contribution in [3.05, 3.63) is 29.3 Å². The molecule has 3 rings (SSSR count). The number of carboxylic acids is 1. The zero-order chi connectivity index (χ0) is 11.9. The molecule has 1 aliphatic heterocycles. The second-order valence-corrected chi connectivity index (χ2v) is 5.26. The summed E-state index contributed by atoms with van der Waals surface area (Å²) in [7, 11) is 0. The Hall–Kier alpha value is -1.51. The Balaban J connectivity index is 2.04. The lowest BCUT2D eigenvalue weighted by Crippen LogP contribution is -2.31. The van der Waals surface area contributed by atoms with E-state index in [2.05, 4.69) is 5.32 Å². The van der Waals surface area contributed by atoms with Crippen LogP contribution in [0.25, 0.3) is 0 Å². The maximum Gasteiger partial charge on any atom is 0.335 e. The van der Waals surface area contributed by atoms with Gasteiger partial charge in [0.05, 0.1) is 5.56 Å². The number of fused-ring (bicyclic) bond motifs is 2. The monoisotopic (exact) mass is 231 g/mol. The van der Waals surface area contributed by atoms with Crippen LogP contribution in [0.5, 0.6) is 0 Å². The molecule has 0 bridgehead atoms. The lowest BCUT2D eigenvalue weighted by molar-refractivity contribution is 0.0696. The molecule has 0 radical (unpaired) electrons. The highest BCUT2D eigenvalue weighted by Gasteiger charge is 2.39. The normalized spacial score (nSPS) is 20.9. The molecular weight excluding hydrogens is 214 g/mol. The average Bonchev–Trinajstić information content (AvgIpc) is 2.69. The summed E-state index contributed by atoms with van der Waals surface area (Å²) in [6, 6.07) is 5.49. The van der Waals surface area contributed by atoms with Gasteiger partial charge in [0.1, 0.15) is 0 Å². The first kappa shape index (κ1) is 10.6. The van der Waals surface area contributed by atoms with Gasteiger partial charge in [0, 0.05) is 17.6 Å². The Labute approximate surface area is 101 Å². The molecule has 0 unspecified atom stereocenters. The van der Waals surface area contributed by atoms with E-state index in [1.807, 2.05) is 12.1 Å². The summed E-state index contributed by atoms with van der Waals surface area (Å²) in [6.07, 6.45) is 6.22. The van der Waals surface area contributed by atoms with E-state index in [1.165, 1.54) is 37.7 Å². The minimum atomic E-state index is -0.828. The Morgan fingerprint density at radius 1 is 1.24 bits per heavy atom. The summed E-state index contributed by atoms with van der Waals surface area (Å²) in [5, 5.41) is 12.5. The molecular formula is C14H17NO2. The van der Waals surface area contributed by atoms with Gasteiger partial charge in [0.25, 0.3) is 0 Å². The third kappa shape index (κ3) is 1.61. The average molecular weight is 231 g/mol. The fourth-order valence-electron chi connectivity index (χ4n) is 3.30. The van der Waals surface area contributed by atoms with E-state index in [0.717, 1.165) is 12.2 Å². The van der Waals surface area contributed by atoms with E-state index in [-0.39, 0.29) is 5.41 Å². The second-order valence-electron chi connectivity index (χ2n) is 5.26. The van der Waals surface area contributed by atoms with Crippen LogP contribution in [-0.2, 0) is 5.41 Å². The Kier molecular flexibility index (Phi) is 2.35. The Morgan fingerprint density at radius 3 is 2.71 bits per heavy atom. The lowest BCUT2D eigenvalue weighted by atomic mass is 9.70. The van der Waals surface area contributed by atoms with Crippen molar-refractivity contribution in [2.75, 3.05) is 11.9 Å². The zero-order valence-corrected chi connectivity index (χ0v) is 9.83. The summed E-state index contributed by atoms with van der Waals surface area (Å²) in [5.41, 5.74) is 2.99. The fourth-order valence-corrected chi connectivity index (χ4v) is 3.30. The van der Waals surface area contributed by atoms with Crippen molar-refractivity contribution in [1.29, 1.82) is 0 Å². The van der Waals surface area contributed by atoms with Crippen LogP contribution in [0.2, 0.25) is 0 Å². The molecule has 3 heteroatoms. The van der Waals surface area contributed by atoms with Crippen LogP contribution in [0, 0.1) is 0 Å². The number of carboxylic acid groups (broad SMARTS) is 1. The van der Waals surface area contributed by atoms with Gasteiger partial charge in [-0.15, -0.1) is 0 Å². The summed E-state index contributed by atoms with van der Waals surface area (Å²) in [5.74, 6) is -0.828. The molecule has 3 nitrogen and oxygen atoms in total. The van der Waals surface area contributed by atoms with Crippen LogP contribution in [0.1, 0.15) is 48.0 Å². The highest BCUT2D eigenvalue weighted by molar-refractivity contribution is 5.89. The number of rotatable bonds is 1. The topological polar surface area (TPSA) is 49.3 Å². The number of anilines is 1. The molecule has 1 aromatic rings. The first-order valence-electron chi connectivity index (χ1n) is 6.33. The van der Waals surface area contributed by atoms with Crippen LogP contribution in [0.4, 0.5) is 5.69 Å². The predicted octanol–water partition coefficient (Wildman–Crippen LogP) is 3.01. The maximum absolute atomic E-state index is 11.1. The van der Waals surface area contributed by atoms with Crippen LogP contribution in [-0.4, -0.2) is 17.6 Å². The minimum Gasteiger partial charge on any atom is -0.478 e. The first-order valence-corrected chi connectivity index (χ1v) is 6.33. The van der Waals surface area contributed by atoms with Gasteiger partial charge in [-0.3, -0.25) is 0 Å². The van der Waals surface area contributed by atoms with E-state index < -0.39 is 5.97 Å². The molecule has 1 fully saturated rings. The molecule has 1 aromatic carbocycles. The van der Waals surface area contributed by atoms with Crippen molar-refractivity contribution in [2.45, 2.75) is 37.5 Å². The largest absolute Gasteiger partial charge is 0.478 e. The van der Waals surface area contributed by atoms with Crippen molar-refractivity contribution in [2.24, 2.45) is 0 Å². The first-order chi connectivity index (χ1) is 8.21. The van der Waals surface area contributed by atoms with Crippen molar-refractivity contribution >= 4 is 11.7 Å². The molecule has 1 spiro atoms. The summed E-state index contributed by atoms with van der Waals surface area (Å²) in [4.78, 5) is 11.1. The molecule has 17 heavy (non-hydrogen) atoms. The van der Waals surface area contributed by atoms with Crippen LogP contribution < -0.4 is 5.32 Å². The molecule has 2 aliphatic rings. The van der Waals surface area contributed by atoms with E-state index in [0.29, 0.717) is 5.56 Å². The van der Waals surface area contributed by atoms with Crippen molar-refractivity contribution in [1.82, 2.24) is 0 Å². The van der Waals surface area contributed by atoms with E-state index >= 15 is 0 Å². The molecule has 0 atom stereocenters. The number of benzene rings is 1. The number of hydrogen-bond acceptors (Lipinski definition) is 2. The fraction of sp³-hybridized carbons (Fsp3) is 0.500. The Morgan fingerprint density at radius 2 is 2.00 bits per heavy atom. The highest BCUT2D eigenvalue weighted by atomic mass is 16.4. The molecule has 0 saturated heterocycles. The second kappa shape index (κ2) is 3.76. The van der Waals surface area contributed by atoms with Crippen molar-refractivity contribution in [3.63, 3.8) is 0 Å². The van der Waals surface area contributed by atoms with Crippen LogP contribution in [0.15, 0.2) is 18.2 Å². The molecule has 2 N–H and O–H groups in total. The smallest absolute Gasteiger partial charge is 0.335 e. The SMILES string of the molecule is O=C(O)c1ccc2c(c1)C1(CCCCC1)CN2. The van der Waals surface area contributed by atoms with Gasteiger partial charge in [0.2, 0.25) is 0 Å². The third-order valence-corrected chi connectivity index (χ3v) is 4.27. The predicted molar refractivity (Wildman–Crippen MR) is 66.7 cm³/mol. The number of aromatic carboxylic acids is 1. The van der Waals surface area contributed by atoms with Gasteiger partial charge in [-0.05, 0) is 36.6 Å². The van der Waals surface area contributed by atoms with E-state index in [1.54, 1.807) is 6.07 Å². The number of carbonyl (C=O) groups is 1. The summed E-state index contributed by atoms with van der Waals surface area (Å²) >= 11 is 0. The van der Waals surface area contributed by atoms with E-state index in [4.69, 9.17) is 5.11 Å². The van der Waals surface area contributed by atoms with Crippen molar-refractivity contribution < 1.29 is 9.90 Å². The molecule has 1 aliphatic carbocycles. The third-order valence-electron chi connectivity index (χ3n) is 4.27. The van der Waals surface area contributed by atoms with Crippen molar-refractivity contribution in [3.8, 4) is 0 Å². The van der Waals surface area contributed by atoms with Gasteiger partial charge in [-0.25, -0.2) is 4.79 Å². The Bertz CT molecular complexity index is 456. The maximum atomic E-state index is 11.1. The number of hydrogen-bond donors (Lipinski definition) is 2. The molecule has 0 amide bonds. The van der Waals surface area contributed by atoms with Crippen LogP contribution >= 0.6 is 0 Å². The summed E-state index contributed by atoms with van der Waals surface area (Å²) < 4.78 is 0. The molecule has 1 heterocycles. The van der Waals surface area contributed by atoms with E-state index in [9.17, 15) is 4.79 Å². The summed E-state index contributed by atoms with van der Waals surface area (Å²) in [6.45, 7) is 0.978. The van der Waals surface area contributed by atoms with Gasteiger partial charge < -0.3 is 10.4 Å². The van der Waals surface area contributed by atoms with Gasteiger partial charge in [0.15, 0.2) is 0 Å². The number of nitrogens with one attached hydrogen (secondary N) is 1. The van der Waals surface area contributed by atoms with Gasteiger partial charge >= 0.3 is 5.97 Å². The molecule has 0 aromatic heterocycles. The quantitative estimate of drug-likeness (QED) is 0.781. The lowest BCUT2D eigenvalue weighted by Gasteiger charge is -2.33. The van der Waals surface area contributed by atoms with Crippen LogP contribution in [0.3, 0.4) is 0 Å². The standard InChI is InChI=1S/C14H17NO2/c16-13(17)10-4-5-12-11(8-10)14(9-15-12)6-2-1-3-7-14/h4-5,8,15H,1-3,6-7,9H2,(H,16,17). The molecule has 1 saturated carbocycles. The van der Waals surface area contributed by atoms with Gasteiger partial charge in [-0.1, -0.05) is 19.3 Å². The minimum absolute atomic E-state index is 0.207. The molecule has 90 valence electrons.